The van der Waals surface area contributed by atoms with Crippen LogP contribution in [0.2, 0.25) is 0 Å². The minimum absolute atomic E-state index is 0.245. The molecule has 1 aromatic heterocycles. The molecule has 0 bridgehead atoms. The van der Waals surface area contributed by atoms with Gasteiger partial charge >= 0.3 is 0 Å². The number of benzene rings is 1. The summed E-state index contributed by atoms with van der Waals surface area (Å²) in [6.07, 6.45) is 5.86. The lowest BCUT2D eigenvalue weighted by Gasteiger charge is -2.30. The SMILES string of the molecule is CCc1ccc(-c2cc(OC)ncc2F)c([C@H]2CCCC2(C)C)c1. The number of aromatic nitrogens is 1. The van der Waals surface area contributed by atoms with Crippen molar-refractivity contribution in [1.29, 1.82) is 0 Å². The molecule has 0 radical (unpaired) electrons. The van der Waals surface area contributed by atoms with E-state index in [0.29, 0.717) is 17.4 Å². The summed E-state index contributed by atoms with van der Waals surface area (Å²) in [5.41, 5.74) is 4.38. The molecule has 1 aliphatic carbocycles. The van der Waals surface area contributed by atoms with E-state index >= 15 is 0 Å². The lowest BCUT2D eigenvalue weighted by Crippen LogP contribution is -2.16. The van der Waals surface area contributed by atoms with Gasteiger partial charge in [-0.15, -0.1) is 0 Å². The predicted molar refractivity (Wildman–Crippen MR) is 95.9 cm³/mol. The summed E-state index contributed by atoms with van der Waals surface area (Å²) in [6, 6.07) is 8.16. The molecule has 3 rings (SSSR count). The van der Waals surface area contributed by atoms with Crippen LogP contribution in [0.25, 0.3) is 11.1 Å². The van der Waals surface area contributed by atoms with Gasteiger partial charge in [0.2, 0.25) is 5.88 Å². The van der Waals surface area contributed by atoms with Crippen LogP contribution in [0.4, 0.5) is 4.39 Å². The number of nitrogens with zero attached hydrogens (tertiary/aromatic N) is 1. The Bertz CT molecular complexity index is 739. The molecule has 1 fully saturated rings. The molecule has 1 aromatic carbocycles. The average molecular weight is 327 g/mol. The molecule has 1 aliphatic rings. The fourth-order valence-corrected chi connectivity index (χ4v) is 4.01. The standard InChI is InChI=1S/C21H26FNO/c1-5-14-8-9-15(17-12-20(24-4)23-13-19(17)22)16(11-14)18-7-6-10-21(18,2)3/h8-9,11-13,18H,5-7,10H2,1-4H3/t18-/m1/s1. The summed E-state index contributed by atoms with van der Waals surface area (Å²) in [5, 5.41) is 0. The highest BCUT2D eigenvalue weighted by atomic mass is 19.1. The van der Waals surface area contributed by atoms with E-state index in [4.69, 9.17) is 4.74 Å². The van der Waals surface area contributed by atoms with Crippen LogP contribution in [0.1, 0.15) is 57.1 Å². The van der Waals surface area contributed by atoms with Crippen molar-refractivity contribution >= 4 is 0 Å². The minimum atomic E-state index is -0.294. The van der Waals surface area contributed by atoms with Gasteiger partial charge in [0.1, 0.15) is 5.82 Å². The van der Waals surface area contributed by atoms with E-state index in [1.165, 1.54) is 30.2 Å². The van der Waals surface area contributed by atoms with Gasteiger partial charge in [-0.3, -0.25) is 0 Å². The van der Waals surface area contributed by atoms with Crippen LogP contribution in [0.15, 0.2) is 30.5 Å². The minimum Gasteiger partial charge on any atom is -0.481 e. The fraction of sp³-hybridized carbons (Fsp3) is 0.476. The Morgan fingerprint density at radius 3 is 2.67 bits per heavy atom. The molecule has 1 atom stereocenters. The lowest BCUT2D eigenvalue weighted by atomic mass is 9.75. The van der Waals surface area contributed by atoms with Gasteiger partial charge in [-0.25, -0.2) is 9.37 Å². The maximum absolute atomic E-state index is 14.5. The highest BCUT2D eigenvalue weighted by Crippen LogP contribution is 2.51. The molecular formula is C21H26FNO. The molecule has 0 N–H and O–H groups in total. The largest absolute Gasteiger partial charge is 0.481 e. The van der Waals surface area contributed by atoms with Gasteiger partial charge in [0.05, 0.1) is 13.3 Å². The molecule has 2 nitrogen and oxygen atoms in total. The Hall–Kier alpha value is -1.90. The van der Waals surface area contributed by atoms with E-state index in [1.807, 2.05) is 0 Å². The molecular weight excluding hydrogens is 301 g/mol. The van der Waals surface area contributed by atoms with Crippen molar-refractivity contribution in [3.63, 3.8) is 0 Å². The molecule has 24 heavy (non-hydrogen) atoms. The number of hydrogen-bond donors (Lipinski definition) is 0. The number of halogens is 1. The molecule has 3 heteroatoms. The Morgan fingerprint density at radius 2 is 2.04 bits per heavy atom. The van der Waals surface area contributed by atoms with Gasteiger partial charge in [-0.2, -0.15) is 0 Å². The second-order valence-corrected chi connectivity index (χ2v) is 7.42. The number of ether oxygens (including phenoxy) is 1. The van der Waals surface area contributed by atoms with Crippen LogP contribution in [0.3, 0.4) is 0 Å². The normalized spacial score (nSPS) is 19.5. The molecule has 128 valence electrons. The van der Waals surface area contributed by atoms with E-state index in [9.17, 15) is 4.39 Å². The van der Waals surface area contributed by atoms with Crippen LogP contribution >= 0.6 is 0 Å². The van der Waals surface area contributed by atoms with Crippen molar-refractivity contribution in [2.45, 2.75) is 52.4 Å². The molecule has 0 spiro atoms. The van der Waals surface area contributed by atoms with Crippen molar-refractivity contribution in [1.82, 2.24) is 4.98 Å². The summed E-state index contributed by atoms with van der Waals surface area (Å²) >= 11 is 0. The second-order valence-electron chi connectivity index (χ2n) is 7.42. The number of hydrogen-bond acceptors (Lipinski definition) is 2. The Morgan fingerprint density at radius 1 is 1.25 bits per heavy atom. The van der Waals surface area contributed by atoms with E-state index in [0.717, 1.165) is 18.4 Å². The molecule has 1 heterocycles. The second kappa shape index (κ2) is 6.54. The summed E-state index contributed by atoms with van der Waals surface area (Å²) < 4.78 is 19.7. The van der Waals surface area contributed by atoms with Crippen molar-refractivity contribution in [2.75, 3.05) is 7.11 Å². The molecule has 2 aromatic rings. The molecule has 0 amide bonds. The quantitative estimate of drug-likeness (QED) is 0.713. The number of methoxy groups -OCH3 is 1. The molecule has 0 unspecified atom stereocenters. The summed E-state index contributed by atoms with van der Waals surface area (Å²) in [4.78, 5) is 3.98. The lowest BCUT2D eigenvalue weighted by molar-refractivity contribution is 0.332. The van der Waals surface area contributed by atoms with Gasteiger partial charge < -0.3 is 4.74 Å². The van der Waals surface area contributed by atoms with Crippen molar-refractivity contribution in [3.8, 4) is 17.0 Å². The van der Waals surface area contributed by atoms with Crippen LogP contribution < -0.4 is 4.74 Å². The van der Waals surface area contributed by atoms with E-state index in [1.54, 1.807) is 13.2 Å². The summed E-state index contributed by atoms with van der Waals surface area (Å²) in [6.45, 7) is 6.82. The van der Waals surface area contributed by atoms with E-state index in [-0.39, 0.29) is 11.2 Å². The van der Waals surface area contributed by atoms with Gasteiger partial charge in [0, 0.05) is 11.6 Å². The van der Waals surface area contributed by atoms with Gasteiger partial charge in [-0.1, -0.05) is 45.4 Å². The Balaban J connectivity index is 2.18. The van der Waals surface area contributed by atoms with Crippen LogP contribution in [-0.4, -0.2) is 12.1 Å². The zero-order valence-corrected chi connectivity index (χ0v) is 15.0. The number of rotatable bonds is 4. The Kier molecular flexibility index (Phi) is 4.62. The van der Waals surface area contributed by atoms with Crippen LogP contribution in [0.5, 0.6) is 5.88 Å². The van der Waals surface area contributed by atoms with E-state index < -0.39 is 0 Å². The topological polar surface area (TPSA) is 22.1 Å². The zero-order valence-electron chi connectivity index (χ0n) is 15.0. The van der Waals surface area contributed by atoms with Gasteiger partial charge in [0.15, 0.2) is 0 Å². The first-order chi connectivity index (χ1) is 11.5. The molecule has 0 aliphatic heterocycles. The summed E-state index contributed by atoms with van der Waals surface area (Å²) in [7, 11) is 1.56. The maximum atomic E-state index is 14.5. The first kappa shape index (κ1) is 16.9. The summed E-state index contributed by atoms with van der Waals surface area (Å²) in [5.74, 6) is 0.609. The monoisotopic (exact) mass is 327 g/mol. The average Bonchev–Trinajstić information content (AvgIpc) is 2.94. The van der Waals surface area contributed by atoms with Crippen molar-refractivity contribution < 1.29 is 9.13 Å². The van der Waals surface area contributed by atoms with Gasteiger partial charge in [0.25, 0.3) is 0 Å². The smallest absolute Gasteiger partial charge is 0.213 e. The molecule has 0 saturated heterocycles. The first-order valence-corrected chi connectivity index (χ1v) is 8.79. The number of pyridine rings is 1. The predicted octanol–water partition coefficient (Wildman–Crippen LogP) is 5.75. The van der Waals surface area contributed by atoms with Crippen LogP contribution in [0, 0.1) is 11.2 Å². The molecule has 1 saturated carbocycles. The highest BCUT2D eigenvalue weighted by Gasteiger charge is 2.37. The third-order valence-corrected chi connectivity index (χ3v) is 5.49. The van der Waals surface area contributed by atoms with Gasteiger partial charge in [-0.05, 0) is 47.3 Å². The van der Waals surface area contributed by atoms with Crippen LogP contribution in [-0.2, 0) is 6.42 Å². The zero-order chi connectivity index (χ0) is 17.3. The fourth-order valence-electron chi connectivity index (χ4n) is 4.01. The first-order valence-electron chi connectivity index (χ1n) is 8.79. The third kappa shape index (κ3) is 3.04. The third-order valence-electron chi connectivity index (χ3n) is 5.49. The van der Waals surface area contributed by atoms with Crippen molar-refractivity contribution in [2.24, 2.45) is 5.41 Å². The van der Waals surface area contributed by atoms with Crippen molar-refractivity contribution in [3.05, 3.63) is 47.4 Å². The maximum Gasteiger partial charge on any atom is 0.213 e. The van der Waals surface area contributed by atoms with E-state index in [2.05, 4.69) is 44.0 Å². The Labute approximate surface area is 144 Å². The number of aryl methyl sites for hydroxylation is 1. The highest BCUT2D eigenvalue weighted by molar-refractivity contribution is 5.70.